The van der Waals surface area contributed by atoms with E-state index in [0.29, 0.717) is 23.4 Å². The Balaban J connectivity index is 2.62. The van der Waals surface area contributed by atoms with Crippen LogP contribution in [0.2, 0.25) is 0 Å². The molecule has 7 heteroatoms. The van der Waals surface area contributed by atoms with Crippen LogP contribution in [0, 0.1) is 18.3 Å². The number of nitrogens with zero attached hydrogens (tertiary/aromatic N) is 4. The second kappa shape index (κ2) is 7.42. The number of rotatable bonds is 5. The SMILES string of the molecule is CCCn1c(O)c(C#N)c(C)c(N=Nc2ccccc2OC)c1=O. The van der Waals surface area contributed by atoms with E-state index >= 15 is 0 Å². The molecule has 0 aliphatic heterocycles. The van der Waals surface area contributed by atoms with Gasteiger partial charge in [0, 0.05) is 12.1 Å². The van der Waals surface area contributed by atoms with Gasteiger partial charge in [-0.15, -0.1) is 10.2 Å². The Morgan fingerprint density at radius 3 is 2.67 bits per heavy atom. The van der Waals surface area contributed by atoms with Crippen molar-refractivity contribution in [3.05, 3.63) is 45.7 Å². The van der Waals surface area contributed by atoms with Gasteiger partial charge in [0.15, 0.2) is 5.69 Å². The molecule has 1 aromatic carbocycles. The normalized spacial score (nSPS) is 10.8. The van der Waals surface area contributed by atoms with Gasteiger partial charge in [0.05, 0.1) is 7.11 Å². The van der Waals surface area contributed by atoms with Crippen molar-refractivity contribution in [2.24, 2.45) is 10.2 Å². The molecule has 0 spiro atoms. The summed E-state index contributed by atoms with van der Waals surface area (Å²) in [5.41, 5.74) is 0.337. The van der Waals surface area contributed by atoms with E-state index in [4.69, 9.17) is 4.74 Å². The first kappa shape index (κ1) is 17.2. The predicted molar refractivity (Wildman–Crippen MR) is 89.3 cm³/mol. The van der Waals surface area contributed by atoms with Gasteiger partial charge in [0.25, 0.3) is 5.56 Å². The third kappa shape index (κ3) is 3.13. The minimum Gasteiger partial charge on any atom is -0.494 e. The quantitative estimate of drug-likeness (QED) is 0.849. The van der Waals surface area contributed by atoms with Gasteiger partial charge >= 0.3 is 0 Å². The Bertz CT molecular complexity index is 879. The number of para-hydroxylation sites is 1. The fourth-order valence-electron chi connectivity index (χ4n) is 2.30. The second-order valence-corrected chi connectivity index (χ2v) is 5.11. The highest BCUT2D eigenvalue weighted by Gasteiger charge is 2.18. The lowest BCUT2D eigenvalue weighted by Gasteiger charge is -2.12. The minimum atomic E-state index is -0.482. The van der Waals surface area contributed by atoms with Crippen molar-refractivity contribution in [3.8, 4) is 17.7 Å². The van der Waals surface area contributed by atoms with Crippen molar-refractivity contribution in [1.29, 1.82) is 5.26 Å². The lowest BCUT2D eigenvalue weighted by molar-refractivity contribution is 0.402. The number of methoxy groups -OCH3 is 1. The van der Waals surface area contributed by atoms with Crippen molar-refractivity contribution >= 4 is 11.4 Å². The van der Waals surface area contributed by atoms with E-state index in [0.717, 1.165) is 4.57 Å². The monoisotopic (exact) mass is 326 g/mol. The fraction of sp³-hybridized carbons (Fsp3) is 0.294. The smallest absolute Gasteiger partial charge is 0.281 e. The molecule has 124 valence electrons. The van der Waals surface area contributed by atoms with E-state index < -0.39 is 5.56 Å². The molecule has 0 radical (unpaired) electrons. The number of nitriles is 1. The highest BCUT2D eigenvalue weighted by Crippen LogP contribution is 2.30. The summed E-state index contributed by atoms with van der Waals surface area (Å²) in [6, 6.07) is 8.92. The first-order valence-corrected chi connectivity index (χ1v) is 7.46. The van der Waals surface area contributed by atoms with Crippen LogP contribution >= 0.6 is 0 Å². The number of pyridine rings is 1. The van der Waals surface area contributed by atoms with E-state index in [2.05, 4.69) is 10.2 Å². The number of ether oxygens (including phenoxy) is 1. The summed E-state index contributed by atoms with van der Waals surface area (Å²) < 4.78 is 6.33. The lowest BCUT2D eigenvalue weighted by Crippen LogP contribution is -2.21. The van der Waals surface area contributed by atoms with Crippen LogP contribution < -0.4 is 10.3 Å². The molecular formula is C17H18N4O3. The minimum absolute atomic E-state index is 0.0250. The summed E-state index contributed by atoms with van der Waals surface area (Å²) in [6.07, 6.45) is 0.629. The third-order valence-electron chi connectivity index (χ3n) is 3.56. The van der Waals surface area contributed by atoms with Crippen LogP contribution in [0.3, 0.4) is 0 Å². The number of aromatic nitrogens is 1. The van der Waals surface area contributed by atoms with Crippen molar-refractivity contribution in [3.63, 3.8) is 0 Å². The lowest BCUT2D eigenvalue weighted by atomic mass is 10.1. The topological polar surface area (TPSA) is 100.0 Å². The van der Waals surface area contributed by atoms with Crippen molar-refractivity contribution < 1.29 is 9.84 Å². The molecule has 0 atom stereocenters. The van der Waals surface area contributed by atoms with Crippen molar-refractivity contribution in [2.45, 2.75) is 26.8 Å². The molecule has 2 rings (SSSR count). The summed E-state index contributed by atoms with van der Waals surface area (Å²) in [5, 5.41) is 27.5. The number of aromatic hydroxyl groups is 1. The van der Waals surface area contributed by atoms with Gasteiger partial charge in [-0.05, 0) is 25.5 Å². The average molecular weight is 326 g/mol. The maximum absolute atomic E-state index is 12.6. The number of hydrogen-bond acceptors (Lipinski definition) is 6. The number of azo groups is 1. The summed E-state index contributed by atoms with van der Waals surface area (Å²) in [7, 11) is 1.52. The number of benzene rings is 1. The predicted octanol–water partition coefficient (Wildman–Crippen LogP) is 3.57. The van der Waals surface area contributed by atoms with E-state index in [-0.39, 0.29) is 23.7 Å². The number of hydrogen-bond donors (Lipinski definition) is 1. The molecule has 0 saturated carbocycles. The molecule has 0 bridgehead atoms. The molecule has 1 aromatic heterocycles. The van der Waals surface area contributed by atoms with E-state index in [1.54, 1.807) is 31.2 Å². The van der Waals surface area contributed by atoms with Crippen LogP contribution in [0.5, 0.6) is 11.6 Å². The summed E-state index contributed by atoms with van der Waals surface area (Å²) in [6.45, 7) is 3.72. The molecule has 0 aliphatic carbocycles. The fourth-order valence-corrected chi connectivity index (χ4v) is 2.30. The molecule has 7 nitrogen and oxygen atoms in total. The van der Waals surface area contributed by atoms with Crippen LogP contribution in [0.15, 0.2) is 39.3 Å². The molecule has 1 heterocycles. The van der Waals surface area contributed by atoms with Gasteiger partial charge in [-0.2, -0.15) is 5.26 Å². The second-order valence-electron chi connectivity index (χ2n) is 5.11. The Hall–Kier alpha value is -3.14. The Labute approximate surface area is 139 Å². The van der Waals surface area contributed by atoms with Gasteiger partial charge in [-0.3, -0.25) is 9.36 Å². The molecule has 1 N–H and O–H groups in total. The van der Waals surface area contributed by atoms with Crippen molar-refractivity contribution in [2.75, 3.05) is 7.11 Å². The maximum Gasteiger partial charge on any atom is 0.281 e. The van der Waals surface area contributed by atoms with Gasteiger partial charge in [0.1, 0.15) is 23.1 Å². The Kier molecular flexibility index (Phi) is 5.32. The zero-order valence-electron chi connectivity index (χ0n) is 13.8. The standard InChI is InChI=1S/C17H18N4O3/c1-4-9-21-16(22)12(10-18)11(2)15(17(21)23)20-19-13-7-5-6-8-14(13)24-3/h5-8,22H,4,9H2,1-3H3. The van der Waals surface area contributed by atoms with Crippen LogP contribution in [0.4, 0.5) is 11.4 Å². The highest BCUT2D eigenvalue weighted by atomic mass is 16.5. The maximum atomic E-state index is 12.6. The Morgan fingerprint density at radius 1 is 1.33 bits per heavy atom. The zero-order valence-corrected chi connectivity index (χ0v) is 13.8. The molecule has 0 aliphatic rings. The largest absolute Gasteiger partial charge is 0.494 e. The Morgan fingerprint density at radius 2 is 2.04 bits per heavy atom. The van der Waals surface area contributed by atoms with Crippen LogP contribution in [0.25, 0.3) is 0 Å². The molecule has 0 fully saturated rings. The summed E-state index contributed by atoms with van der Waals surface area (Å²) in [4.78, 5) is 12.6. The molecule has 0 unspecified atom stereocenters. The van der Waals surface area contributed by atoms with E-state index in [1.165, 1.54) is 7.11 Å². The van der Waals surface area contributed by atoms with Gasteiger partial charge in [-0.1, -0.05) is 19.1 Å². The molecule has 0 amide bonds. The van der Waals surface area contributed by atoms with Crippen LogP contribution in [-0.2, 0) is 6.54 Å². The van der Waals surface area contributed by atoms with E-state index in [1.807, 2.05) is 13.0 Å². The highest BCUT2D eigenvalue weighted by molar-refractivity contribution is 5.57. The molecular weight excluding hydrogens is 308 g/mol. The molecule has 2 aromatic rings. The molecule has 0 saturated heterocycles. The summed E-state index contributed by atoms with van der Waals surface area (Å²) in [5.74, 6) is 0.185. The first-order valence-electron chi connectivity index (χ1n) is 7.46. The molecule has 24 heavy (non-hydrogen) atoms. The zero-order chi connectivity index (χ0) is 17.7. The third-order valence-corrected chi connectivity index (χ3v) is 3.56. The average Bonchev–Trinajstić information content (AvgIpc) is 2.59. The van der Waals surface area contributed by atoms with Crippen LogP contribution in [-0.4, -0.2) is 16.8 Å². The van der Waals surface area contributed by atoms with Gasteiger partial charge < -0.3 is 9.84 Å². The van der Waals surface area contributed by atoms with Gasteiger partial charge in [0.2, 0.25) is 5.88 Å². The van der Waals surface area contributed by atoms with Gasteiger partial charge in [-0.25, -0.2) is 0 Å². The van der Waals surface area contributed by atoms with E-state index in [9.17, 15) is 15.2 Å². The first-order chi connectivity index (χ1) is 11.5. The summed E-state index contributed by atoms with van der Waals surface area (Å²) >= 11 is 0. The van der Waals surface area contributed by atoms with Crippen LogP contribution in [0.1, 0.15) is 24.5 Å². The van der Waals surface area contributed by atoms with Crippen molar-refractivity contribution in [1.82, 2.24) is 4.57 Å².